The molecule has 0 aliphatic heterocycles. The number of ether oxygens (including phenoxy) is 1. The van der Waals surface area contributed by atoms with Crippen LogP contribution < -0.4 is 4.74 Å². The third-order valence-corrected chi connectivity index (χ3v) is 1.82. The summed E-state index contributed by atoms with van der Waals surface area (Å²) in [4.78, 5) is 10.5. The van der Waals surface area contributed by atoms with Crippen LogP contribution in [0, 0.1) is 0 Å². The Morgan fingerprint density at radius 2 is 2.20 bits per heavy atom. The quantitative estimate of drug-likeness (QED) is 0.689. The first-order chi connectivity index (χ1) is 7.22. The molecule has 0 atom stereocenters. The second kappa shape index (κ2) is 6.03. The third kappa shape index (κ3) is 4.46. The Kier molecular flexibility index (Phi) is 4.63. The summed E-state index contributed by atoms with van der Waals surface area (Å²) < 4.78 is 5.32. The van der Waals surface area contributed by atoms with Crippen molar-refractivity contribution >= 4 is 5.97 Å². The van der Waals surface area contributed by atoms with Gasteiger partial charge in [0.1, 0.15) is 5.75 Å². The molecule has 0 bridgehead atoms. The molecule has 0 spiro atoms. The fourth-order valence-corrected chi connectivity index (χ4v) is 1.17. The molecule has 0 aliphatic rings. The summed E-state index contributed by atoms with van der Waals surface area (Å²) in [6.07, 6.45) is 0.570. The average Bonchev–Trinajstić information content (AvgIpc) is 2.18. The van der Waals surface area contributed by atoms with Gasteiger partial charge >= 0.3 is 5.97 Å². The molecule has 0 aliphatic carbocycles. The number of carboxylic acid groups (broad SMARTS) is 1. The van der Waals surface area contributed by atoms with Gasteiger partial charge in [-0.3, -0.25) is 4.79 Å². The minimum absolute atomic E-state index is 0.00278. The van der Waals surface area contributed by atoms with E-state index in [1.54, 1.807) is 24.3 Å². The Morgan fingerprint density at radius 1 is 1.40 bits per heavy atom. The summed E-state index contributed by atoms with van der Waals surface area (Å²) in [7, 11) is 0. The van der Waals surface area contributed by atoms with Gasteiger partial charge in [0.15, 0.2) is 0 Å². The van der Waals surface area contributed by atoms with Crippen molar-refractivity contribution in [3.63, 3.8) is 0 Å². The Morgan fingerprint density at radius 3 is 2.87 bits per heavy atom. The van der Waals surface area contributed by atoms with Crippen LogP contribution in [-0.4, -0.2) is 29.4 Å². The number of carboxylic acids is 1. The van der Waals surface area contributed by atoms with Gasteiger partial charge in [0.2, 0.25) is 0 Å². The van der Waals surface area contributed by atoms with E-state index >= 15 is 0 Å². The minimum Gasteiger partial charge on any atom is -0.493 e. The normalized spacial score (nSPS) is 9.93. The molecule has 0 amide bonds. The van der Waals surface area contributed by atoms with E-state index in [2.05, 4.69) is 0 Å². The van der Waals surface area contributed by atoms with Crippen LogP contribution in [0.25, 0.3) is 0 Å². The Labute approximate surface area is 88.1 Å². The monoisotopic (exact) mass is 210 g/mol. The smallest absolute Gasteiger partial charge is 0.307 e. The summed E-state index contributed by atoms with van der Waals surface area (Å²) in [5, 5.41) is 17.2. The minimum atomic E-state index is -0.859. The first-order valence-electron chi connectivity index (χ1n) is 4.77. The number of carbonyl (C=O) groups is 1. The number of benzene rings is 1. The van der Waals surface area contributed by atoms with Crippen LogP contribution in [0.4, 0.5) is 0 Å². The van der Waals surface area contributed by atoms with Crippen LogP contribution in [0.1, 0.15) is 12.0 Å². The van der Waals surface area contributed by atoms with Crippen molar-refractivity contribution < 1.29 is 19.7 Å². The number of hydrogen-bond donors (Lipinski definition) is 2. The lowest BCUT2D eigenvalue weighted by atomic mass is 10.1. The SMILES string of the molecule is O=C(O)Cc1cccc(OCCCO)c1. The van der Waals surface area contributed by atoms with Crippen LogP contribution in [0.2, 0.25) is 0 Å². The molecule has 0 unspecified atom stereocenters. The van der Waals surface area contributed by atoms with Crippen LogP contribution >= 0.6 is 0 Å². The first kappa shape index (κ1) is 11.5. The lowest BCUT2D eigenvalue weighted by Crippen LogP contribution is -2.02. The van der Waals surface area contributed by atoms with E-state index in [1.165, 1.54) is 0 Å². The van der Waals surface area contributed by atoms with Crippen molar-refractivity contribution in [2.45, 2.75) is 12.8 Å². The molecule has 4 heteroatoms. The zero-order valence-electron chi connectivity index (χ0n) is 8.35. The van der Waals surface area contributed by atoms with E-state index in [9.17, 15) is 4.79 Å². The van der Waals surface area contributed by atoms with Crippen LogP contribution in [0.5, 0.6) is 5.75 Å². The van der Waals surface area contributed by atoms with E-state index in [0.717, 1.165) is 0 Å². The van der Waals surface area contributed by atoms with Gasteiger partial charge in [0, 0.05) is 13.0 Å². The van der Waals surface area contributed by atoms with Crippen molar-refractivity contribution in [3.8, 4) is 5.75 Å². The molecule has 4 nitrogen and oxygen atoms in total. The van der Waals surface area contributed by atoms with Gasteiger partial charge in [-0.05, 0) is 17.7 Å². The molecule has 2 N–H and O–H groups in total. The van der Waals surface area contributed by atoms with E-state index in [4.69, 9.17) is 14.9 Å². The molecule has 0 fully saturated rings. The molecule has 0 saturated carbocycles. The maximum absolute atomic E-state index is 10.5. The summed E-state index contributed by atoms with van der Waals surface area (Å²) in [5.41, 5.74) is 0.712. The van der Waals surface area contributed by atoms with Crippen LogP contribution in [0.15, 0.2) is 24.3 Å². The van der Waals surface area contributed by atoms with Gasteiger partial charge in [0.25, 0.3) is 0 Å². The van der Waals surface area contributed by atoms with Crippen LogP contribution in [-0.2, 0) is 11.2 Å². The third-order valence-electron chi connectivity index (χ3n) is 1.82. The van der Waals surface area contributed by atoms with Crippen LogP contribution in [0.3, 0.4) is 0 Å². The first-order valence-corrected chi connectivity index (χ1v) is 4.77. The second-order valence-electron chi connectivity index (χ2n) is 3.14. The number of aliphatic hydroxyl groups is 1. The average molecular weight is 210 g/mol. The molecule has 82 valence electrons. The van der Waals surface area contributed by atoms with Gasteiger partial charge in [-0.15, -0.1) is 0 Å². The highest BCUT2D eigenvalue weighted by molar-refractivity contribution is 5.70. The molecule has 1 rings (SSSR count). The molecule has 1 aromatic rings. The fourth-order valence-electron chi connectivity index (χ4n) is 1.17. The predicted molar refractivity (Wildman–Crippen MR) is 55.0 cm³/mol. The van der Waals surface area contributed by atoms with Gasteiger partial charge in [0.05, 0.1) is 13.0 Å². The van der Waals surface area contributed by atoms with Gasteiger partial charge < -0.3 is 14.9 Å². The lowest BCUT2D eigenvalue weighted by molar-refractivity contribution is -0.136. The van der Waals surface area contributed by atoms with Crippen molar-refractivity contribution in [2.75, 3.05) is 13.2 Å². The largest absolute Gasteiger partial charge is 0.493 e. The Hall–Kier alpha value is -1.55. The zero-order chi connectivity index (χ0) is 11.1. The summed E-state index contributed by atoms with van der Waals surface area (Å²) in [6, 6.07) is 6.97. The highest BCUT2D eigenvalue weighted by Crippen LogP contribution is 2.13. The molecular formula is C11H14O4. The Bertz CT molecular complexity index is 322. The van der Waals surface area contributed by atoms with Gasteiger partial charge in [-0.25, -0.2) is 0 Å². The van der Waals surface area contributed by atoms with E-state index in [1.807, 2.05) is 0 Å². The molecule has 0 heterocycles. The standard InChI is InChI=1S/C11H14O4/c12-5-2-6-15-10-4-1-3-9(7-10)8-11(13)14/h1,3-4,7,12H,2,5-6,8H2,(H,13,14). The Balaban J connectivity index is 2.53. The molecule has 15 heavy (non-hydrogen) atoms. The van der Waals surface area contributed by atoms with E-state index < -0.39 is 5.97 Å². The maximum Gasteiger partial charge on any atom is 0.307 e. The van der Waals surface area contributed by atoms with Gasteiger partial charge in [-0.1, -0.05) is 12.1 Å². The molecule has 0 aromatic heterocycles. The van der Waals surface area contributed by atoms with Crippen molar-refractivity contribution in [1.82, 2.24) is 0 Å². The molecule has 1 aromatic carbocycles. The van der Waals surface area contributed by atoms with E-state index in [0.29, 0.717) is 24.3 Å². The number of aliphatic carboxylic acids is 1. The molecular weight excluding hydrogens is 196 g/mol. The lowest BCUT2D eigenvalue weighted by Gasteiger charge is -2.06. The van der Waals surface area contributed by atoms with E-state index in [-0.39, 0.29) is 13.0 Å². The number of hydrogen-bond acceptors (Lipinski definition) is 3. The highest BCUT2D eigenvalue weighted by atomic mass is 16.5. The zero-order valence-corrected chi connectivity index (χ0v) is 8.35. The topological polar surface area (TPSA) is 66.8 Å². The number of rotatable bonds is 6. The molecule has 0 saturated heterocycles. The van der Waals surface area contributed by atoms with Crippen molar-refractivity contribution in [1.29, 1.82) is 0 Å². The van der Waals surface area contributed by atoms with Crippen molar-refractivity contribution in [2.24, 2.45) is 0 Å². The summed E-state index contributed by atoms with van der Waals surface area (Å²) in [5.74, 6) is -0.218. The summed E-state index contributed by atoms with van der Waals surface area (Å²) in [6.45, 7) is 0.530. The highest BCUT2D eigenvalue weighted by Gasteiger charge is 2.01. The van der Waals surface area contributed by atoms with Crippen molar-refractivity contribution in [3.05, 3.63) is 29.8 Å². The maximum atomic E-state index is 10.5. The number of aliphatic hydroxyl groups excluding tert-OH is 1. The fraction of sp³-hybridized carbons (Fsp3) is 0.364. The van der Waals surface area contributed by atoms with Gasteiger partial charge in [-0.2, -0.15) is 0 Å². The molecule has 0 radical (unpaired) electrons. The second-order valence-corrected chi connectivity index (χ2v) is 3.14. The summed E-state index contributed by atoms with van der Waals surface area (Å²) >= 11 is 0. The predicted octanol–water partition coefficient (Wildman–Crippen LogP) is 1.07.